The summed E-state index contributed by atoms with van der Waals surface area (Å²) in [5, 5.41) is 14.8. The lowest BCUT2D eigenvalue weighted by molar-refractivity contribution is 0.160. The fraction of sp³-hybridized carbons (Fsp3) is 0.533. The topological polar surface area (TPSA) is 61.4 Å². The van der Waals surface area contributed by atoms with E-state index >= 15 is 0 Å². The summed E-state index contributed by atoms with van der Waals surface area (Å²) in [6.45, 7) is 4.14. The number of benzene rings is 1. The van der Waals surface area contributed by atoms with Crippen molar-refractivity contribution in [1.82, 2.24) is 10.6 Å². The molecule has 3 N–H and O–H groups in total. The number of hydrogen-bond acceptors (Lipinski definition) is 2. The third-order valence-electron chi connectivity index (χ3n) is 3.10. The first-order valence-electron chi connectivity index (χ1n) is 6.98. The predicted octanol–water partition coefficient (Wildman–Crippen LogP) is 2.22. The first-order valence-corrected chi connectivity index (χ1v) is 6.98. The maximum atomic E-state index is 13.5. The van der Waals surface area contributed by atoms with Crippen molar-refractivity contribution in [1.29, 1.82) is 0 Å². The molecular weight excluding hydrogens is 259 g/mol. The van der Waals surface area contributed by atoms with Crippen LogP contribution in [-0.4, -0.2) is 29.8 Å². The van der Waals surface area contributed by atoms with E-state index in [4.69, 9.17) is 0 Å². The summed E-state index contributed by atoms with van der Waals surface area (Å²) in [6, 6.07) is 6.08. The lowest BCUT2D eigenvalue weighted by atomic mass is 10.1. The average Bonchev–Trinajstić information content (AvgIpc) is 2.41. The summed E-state index contributed by atoms with van der Waals surface area (Å²) in [6.07, 6.45) is 1.27. The molecule has 1 aromatic rings. The Bertz CT molecular complexity index is 426. The molecule has 2 unspecified atom stereocenters. The molecule has 0 fully saturated rings. The number of carbonyl (C=O) groups is 1. The summed E-state index contributed by atoms with van der Waals surface area (Å²) < 4.78 is 13.5. The smallest absolute Gasteiger partial charge is 0.315 e. The Balaban J connectivity index is 2.30. The maximum Gasteiger partial charge on any atom is 0.315 e. The van der Waals surface area contributed by atoms with Gasteiger partial charge in [0.25, 0.3) is 0 Å². The maximum absolute atomic E-state index is 13.5. The number of hydrogen-bond donors (Lipinski definition) is 3. The number of urea groups is 1. The Morgan fingerprint density at radius 1 is 1.40 bits per heavy atom. The molecule has 4 nitrogen and oxygen atoms in total. The predicted molar refractivity (Wildman–Crippen MR) is 77.0 cm³/mol. The van der Waals surface area contributed by atoms with E-state index in [1.807, 2.05) is 13.8 Å². The van der Waals surface area contributed by atoms with Crippen LogP contribution in [0.2, 0.25) is 0 Å². The summed E-state index contributed by atoms with van der Waals surface area (Å²) in [4.78, 5) is 11.6. The number of carbonyl (C=O) groups excluding carboxylic acids is 1. The van der Waals surface area contributed by atoms with Crippen molar-refractivity contribution in [2.45, 2.75) is 45.3 Å². The van der Waals surface area contributed by atoms with Crippen LogP contribution < -0.4 is 10.6 Å². The second-order valence-electron chi connectivity index (χ2n) is 4.95. The lowest BCUT2D eigenvalue weighted by Gasteiger charge is -2.15. The zero-order chi connectivity index (χ0) is 15.0. The van der Waals surface area contributed by atoms with Gasteiger partial charge in [-0.25, -0.2) is 9.18 Å². The molecule has 112 valence electrons. The Labute approximate surface area is 119 Å². The highest BCUT2D eigenvalue weighted by atomic mass is 19.1. The fourth-order valence-electron chi connectivity index (χ4n) is 1.88. The van der Waals surface area contributed by atoms with Crippen LogP contribution in [-0.2, 0) is 6.42 Å². The zero-order valence-corrected chi connectivity index (χ0v) is 12.0. The highest BCUT2D eigenvalue weighted by Gasteiger charge is 2.10. The normalized spacial score (nSPS) is 13.6. The van der Waals surface area contributed by atoms with Crippen molar-refractivity contribution < 1.29 is 14.3 Å². The van der Waals surface area contributed by atoms with Crippen molar-refractivity contribution in [3.63, 3.8) is 0 Å². The van der Waals surface area contributed by atoms with Gasteiger partial charge in [0.1, 0.15) is 5.82 Å². The Kier molecular flexibility index (Phi) is 7.01. The quantitative estimate of drug-likeness (QED) is 0.718. The number of aliphatic hydroxyl groups excluding tert-OH is 1. The molecule has 0 aliphatic carbocycles. The van der Waals surface area contributed by atoms with Gasteiger partial charge < -0.3 is 15.7 Å². The van der Waals surface area contributed by atoms with E-state index < -0.39 is 0 Å². The molecule has 0 saturated heterocycles. The van der Waals surface area contributed by atoms with Crippen molar-refractivity contribution >= 4 is 6.03 Å². The first kappa shape index (κ1) is 16.4. The van der Waals surface area contributed by atoms with Gasteiger partial charge in [0.15, 0.2) is 0 Å². The SMILES string of the molecule is CCC(O)CCNC(=O)NC(C)Cc1ccccc1F. The minimum absolute atomic E-state index is 0.164. The molecule has 2 amide bonds. The van der Waals surface area contributed by atoms with Gasteiger partial charge in [-0.1, -0.05) is 25.1 Å². The highest BCUT2D eigenvalue weighted by molar-refractivity contribution is 5.74. The molecule has 0 bridgehead atoms. The summed E-state index contributed by atoms with van der Waals surface area (Å²) in [5.41, 5.74) is 0.585. The molecule has 1 rings (SSSR count). The van der Waals surface area contributed by atoms with Gasteiger partial charge >= 0.3 is 6.03 Å². The summed E-state index contributed by atoms with van der Waals surface area (Å²) in [7, 11) is 0. The van der Waals surface area contributed by atoms with Crippen LogP contribution in [0.4, 0.5) is 9.18 Å². The van der Waals surface area contributed by atoms with Crippen LogP contribution in [0.1, 0.15) is 32.3 Å². The van der Waals surface area contributed by atoms with Crippen molar-refractivity contribution in [2.75, 3.05) is 6.54 Å². The van der Waals surface area contributed by atoms with Gasteiger partial charge in [-0.15, -0.1) is 0 Å². The molecule has 0 spiro atoms. The molecule has 0 aliphatic rings. The largest absolute Gasteiger partial charge is 0.393 e. The van der Waals surface area contributed by atoms with Crippen molar-refractivity contribution in [2.24, 2.45) is 0 Å². The Morgan fingerprint density at radius 3 is 2.75 bits per heavy atom. The highest BCUT2D eigenvalue weighted by Crippen LogP contribution is 2.08. The molecule has 0 saturated carbocycles. The van der Waals surface area contributed by atoms with Gasteiger partial charge in [-0.05, 0) is 37.8 Å². The molecule has 0 aliphatic heterocycles. The molecular formula is C15H23FN2O2. The zero-order valence-electron chi connectivity index (χ0n) is 12.0. The number of rotatable bonds is 7. The van der Waals surface area contributed by atoms with Crippen LogP contribution in [0, 0.1) is 5.82 Å². The van der Waals surface area contributed by atoms with E-state index in [2.05, 4.69) is 10.6 Å². The van der Waals surface area contributed by atoms with Gasteiger partial charge in [-0.3, -0.25) is 0 Å². The third-order valence-corrected chi connectivity index (χ3v) is 3.10. The van der Waals surface area contributed by atoms with E-state index in [-0.39, 0.29) is 24.0 Å². The minimum atomic E-state index is -0.383. The molecule has 0 heterocycles. The summed E-state index contributed by atoms with van der Waals surface area (Å²) >= 11 is 0. The van der Waals surface area contributed by atoms with Gasteiger partial charge in [0.2, 0.25) is 0 Å². The summed E-state index contributed by atoms with van der Waals surface area (Å²) in [5.74, 6) is -0.257. The van der Waals surface area contributed by atoms with E-state index in [0.717, 1.165) is 0 Å². The van der Waals surface area contributed by atoms with Gasteiger partial charge in [-0.2, -0.15) is 0 Å². The van der Waals surface area contributed by atoms with Gasteiger partial charge in [0, 0.05) is 12.6 Å². The number of aliphatic hydroxyl groups is 1. The van der Waals surface area contributed by atoms with E-state index in [9.17, 15) is 14.3 Å². The van der Waals surface area contributed by atoms with E-state index in [1.165, 1.54) is 6.07 Å². The minimum Gasteiger partial charge on any atom is -0.393 e. The third kappa shape index (κ3) is 6.02. The number of halogens is 1. The lowest BCUT2D eigenvalue weighted by Crippen LogP contribution is -2.42. The number of nitrogens with one attached hydrogen (secondary N) is 2. The molecule has 0 aromatic heterocycles. The van der Waals surface area contributed by atoms with Crippen LogP contribution in [0.5, 0.6) is 0 Å². The monoisotopic (exact) mass is 282 g/mol. The van der Waals surface area contributed by atoms with E-state index in [1.54, 1.807) is 18.2 Å². The molecule has 20 heavy (non-hydrogen) atoms. The Morgan fingerprint density at radius 2 is 2.10 bits per heavy atom. The van der Waals surface area contributed by atoms with Crippen LogP contribution in [0.25, 0.3) is 0 Å². The molecule has 2 atom stereocenters. The Hall–Kier alpha value is -1.62. The first-order chi connectivity index (χ1) is 9.52. The van der Waals surface area contributed by atoms with E-state index in [0.29, 0.717) is 31.4 Å². The second kappa shape index (κ2) is 8.53. The van der Waals surface area contributed by atoms with Crippen LogP contribution in [0.3, 0.4) is 0 Å². The van der Waals surface area contributed by atoms with Gasteiger partial charge in [0.05, 0.1) is 6.10 Å². The second-order valence-corrected chi connectivity index (χ2v) is 4.95. The van der Waals surface area contributed by atoms with Crippen LogP contribution >= 0.6 is 0 Å². The fourth-order valence-corrected chi connectivity index (χ4v) is 1.88. The number of amides is 2. The molecule has 0 radical (unpaired) electrons. The van der Waals surface area contributed by atoms with Crippen LogP contribution in [0.15, 0.2) is 24.3 Å². The average molecular weight is 282 g/mol. The van der Waals surface area contributed by atoms with Crippen molar-refractivity contribution in [3.8, 4) is 0 Å². The molecule has 1 aromatic carbocycles. The standard InChI is InChI=1S/C15H23FN2O2/c1-3-13(19)8-9-17-15(20)18-11(2)10-12-6-4-5-7-14(12)16/h4-7,11,13,19H,3,8-10H2,1-2H3,(H2,17,18,20). The molecule has 5 heteroatoms. The van der Waals surface area contributed by atoms with Crippen molar-refractivity contribution in [3.05, 3.63) is 35.6 Å².